The van der Waals surface area contributed by atoms with Crippen LogP contribution in [0.15, 0.2) is 0 Å². The second kappa shape index (κ2) is 5.70. The molecule has 6 heteroatoms. The second-order valence-corrected chi connectivity index (χ2v) is 5.94. The van der Waals surface area contributed by atoms with E-state index in [1.165, 1.54) is 32.1 Å². The van der Waals surface area contributed by atoms with Crippen molar-refractivity contribution in [3.8, 4) is 0 Å². The van der Waals surface area contributed by atoms with Crippen molar-refractivity contribution in [1.29, 1.82) is 0 Å². The Bertz CT molecular complexity index is 285. The van der Waals surface area contributed by atoms with Crippen molar-refractivity contribution < 1.29 is 4.79 Å². The van der Waals surface area contributed by atoms with Crippen LogP contribution in [0.4, 0.5) is 4.79 Å². The summed E-state index contributed by atoms with van der Waals surface area (Å²) in [5.74, 6) is 1.85. The van der Waals surface area contributed by atoms with Gasteiger partial charge in [-0.25, -0.2) is 0 Å². The van der Waals surface area contributed by atoms with Crippen LogP contribution in [0.3, 0.4) is 0 Å². The summed E-state index contributed by atoms with van der Waals surface area (Å²) in [5.41, 5.74) is 0. The van der Waals surface area contributed by atoms with Gasteiger partial charge < -0.3 is 10.1 Å². The third kappa shape index (κ3) is 3.44. The van der Waals surface area contributed by atoms with Gasteiger partial charge in [0, 0.05) is 12.0 Å². The number of thiol groups is 1. The molecule has 1 N–H and O–H groups in total. The number of amides is 1. The van der Waals surface area contributed by atoms with Crippen molar-refractivity contribution in [3.63, 3.8) is 0 Å². The molecule has 2 rings (SSSR count). The lowest BCUT2D eigenvalue weighted by Gasteiger charge is -2.34. The predicted octanol–water partition coefficient (Wildman–Crippen LogP) is 0.0138. The van der Waals surface area contributed by atoms with Gasteiger partial charge in [0.05, 0.1) is 0 Å². The largest absolute Gasteiger partial charge is 0.362 e. The molecule has 17 heavy (non-hydrogen) atoms. The molecule has 0 heterocycles. The van der Waals surface area contributed by atoms with Crippen LogP contribution < -0.4 is 5.23 Å². The van der Waals surface area contributed by atoms with Crippen LogP contribution >= 0.6 is 12.6 Å². The monoisotopic (exact) mass is 252 g/mol. The van der Waals surface area contributed by atoms with E-state index in [-0.39, 0.29) is 5.24 Å². The van der Waals surface area contributed by atoms with Gasteiger partial charge in [-0.05, 0) is 50.5 Å². The summed E-state index contributed by atoms with van der Waals surface area (Å²) in [6.45, 7) is 1.05. The predicted molar refractivity (Wildman–Crippen MR) is 79.0 cm³/mol. The Morgan fingerprint density at radius 2 is 2.06 bits per heavy atom. The molecule has 3 nitrogen and oxygen atoms in total. The number of nitrogens with one attached hydrogen (secondary N) is 1. The van der Waals surface area contributed by atoms with Crippen LogP contribution in [-0.2, 0) is 0 Å². The molecule has 2 atom stereocenters. The molecular formula is C11H22B2N2OS. The summed E-state index contributed by atoms with van der Waals surface area (Å²) in [5, 5.41) is 3.19. The zero-order chi connectivity index (χ0) is 12.4. The van der Waals surface area contributed by atoms with Crippen molar-refractivity contribution >= 4 is 33.7 Å². The Morgan fingerprint density at radius 3 is 2.47 bits per heavy atom. The molecule has 94 valence electrons. The summed E-state index contributed by atoms with van der Waals surface area (Å²) >= 11 is 4.06. The Labute approximate surface area is 111 Å². The maximum atomic E-state index is 11.7. The van der Waals surface area contributed by atoms with Crippen LogP contribution in [-0.4, -0.2) is 44.5 Å². The van der Waals surface area contributed by atoms with Crippen molar-refractivity contribution in [2.24, 2.45) is 11.8 Å². The fraction of sp³-hybridized carbons (Fsp3) is 0.909. The molecule has 0 aromatic heterocycles. The maximum absolute atomic E-state index is 11.7. The zero-order valence-electron chi connectivity index (χ0n) is 10.9. The Balaban J connectivity index is 1.97. The van der Waals surface area contributed by atoms with Gasteiger partial charge in [0.25, 0.3) is 5.24 Å². The van der Waals surface area contributed by atoms with Crippen LogP contribution in [0.1, 0.15) is 32.1 Å². The zero-order valence-corrected chi connectivity index (χ0v) is 11.7. The first-order chi connectivity index (χ1) is 8.15. The van der Waals surface area contributed by atoms with Gasteiger partial charge in [0.1, 0.15) is 7.85 Å². The van der Waals surface area contributed by atoms with E-state index in [0.29, 0.717) is 17.9 Å². The average Bonchev–Trinajstić information content (AvgIpc) is 3.12. The molecule has 0 aromatic rings. The van der Waals surface area contributed by atoms with Crippen molar-refractivity contribution in [2.75, 3.05) is 6.54 Å². The van der Waals surface area contributed by atoms with E-state index in [2.05, 4.69) is 25.7 Å². The van der Waals surface area contributed by atoms with Crippen molar-refractivity contribution in [3.05, 3.63) is 0 Å². The lowest BCUT2D eigenvalue weighted by molar-refractivity contribution is 0.186. The van der Waals surface area contributed by atoms with E-state index in [0.717, 1.165) is 12.5 Å². The molecule has 2 aliphatic rings. The average molecular weight is 252 g/mol. The highest BCUT2D eigenvalue weighted by atomic mass is 32.1. The quantitative estimate of drug-likeness (QED) is 0.494. The smallest absolute Gasteiger partial charge is 0.278 e. The number of hydrogen-bond donors (Lipinski definition) is 2. The second-order valence-electron chi connectivity index (χ2n) is 5.56. The van der Waals surface area contributed by atoms with Crippen molar-refractivity contribution in [1.82, 2.24) is 10.1 Å². The molecule has 0 saturated heterocycles. The highest BCUT2D eigenvalue weighted by Gasteiger charge is 2.41. The molecule has 0 spiro atoms. The summed E-state index contributed by atoms with van der Waals surface area (Å²) in [6.07, 6.45) is 6.20. The topological polar surface area (TPSA) is 32.3 Å². The molecule has 2 saturated carbocycles. The Kier molecular flexibility index (Phi) is 4.47. The summed E-state index contributed by atoms with van der Waals surface area (Å²) < 4.78 is 0. The van der Waals surface area contributed by atoms with E-state index in [9.17, 15) is 4.79 Å². The summed E-state index contributed by atoms with van der Waals surface area (Å²) in [7, 11) is 4.21. The molecule has 2 fully saturated rings. The number of carbonyl (C=O) groups is 1. The number of hydrogen-bond acceptors (Lipinski definition) is 2. The first kappa shape index (κ1) is 13.3. The SMILES string of the molecule is BNCCC(C1CC1)C(B)N(C(=O)S)C1CC1. The fourth-order valence-corrected chi connectivity index (χ4v) is 3.27. The van der Waals surface area contributed by atoms with Crippen LogP contribution in [0.2, 0.25) is 0 Å². The lowest BCUT2D eigenvalue weighted by Crippen LogP contribution is -2.45. The Morgan fingerprint density at radius 1 is 1.41 bits per heavy atom. The van der Waals surface area contributed by atoms with E-state index in [4.69, 9.17) is 0 Å². The standard InChI is InChI=1S/C11H22B2N2OS/c12-10(15(11(16)17)8-3-4-8)9(5-6-14-13)7-1-2-7/h7-10,14H,1-6,12-13H2,(H,16,17). The Hall–Kier alpha value is -0.0901. The highest BCUT2D eigenvalue weighted by molar-refractivity contribution is 7.96. The van der Waals surface area contributed by atoms with Crippen molar-refractivity contribution in [2.45, 2.75) is 44.1 Å². The third-order valence-corrected chi connectivity index (χ3v) is 4.41. The first-order valence-corrected chi connectivity index (χ1v) is 7.25. The fourth-order valence-electron chi connectivity index (χ4n) is 2.93. The molecule has 0 bridgehead atoms. The maximum Gasteiger partial charge on any atom is 0.278 e. The molecule has 2 unspecified atom stereocenters. The minimum absolute atomic E-state index is 0.0323. The lowest BCUT2D eigenvalue weighted by atomic mass is 9.77. The molecular weight excluding hydrogens is 230 g/mol. The van der Waals surface area contributed by atoms with E-state index < -0.39 is 0 Å². The van der Waals surface area contributed by atoms with E-state index in [1.54, 1.807) is 0 Å². The first-order valence-electron chi connectivity index (χ1n) is 6.81. The van der Waals surface area contributed by atoms with Gasteiger partial charge in [-0.3, -0.25) is 4.79 Å². The highest BCUT2D eigenvalue weighted by Crippen LogP contribution is 2.42. The van der Waals surface area contributed by atoms with Crippen LogP contribution in [0.25, 0.3) is 0 Å². The van der Waals surface area contributed by atoms with E-state index in [1.807, 2.05) is 12.9 Å². The number of nitrogens with zero attached hydrogens (tertiary/aromatic N) is 1. The number of carbonyl (C=O) groups excluding carboxylic acids is 1. The van der Waals surface area contributed by atoms with Gasteiger partial charge in [-0.2, -0.15) is 0 Å². The third-order valence-electron chi connectivity index (χ3n) is 4.17. The molecule has 1 amide bonds. The van der Waals surface area contributed by atoms with Gasteiger partial charge in [-0.15, -0.1) is 0 Å². The van der Waals surface area contributed by atoms with Crippen LogP contribution in [0, 0.1) is 11.8 Å². The molecule has 2 aliphatic carbocycles. The normalized spacial score (nSPS) is 23.1. The van der Waals surface area contributed by atoms with Gasteiger partial charge in [0.15, 0.2) is 7.98 Å². The minimum atomic E-state index is -0.0323. The molecule has 0 radical (unpaired) electrons. The molecule has 0 aromatic carbocycles. The van der Waals surface area contributed by atoms with Gasteiger partial charge in [-0.1, -0.05) is 12.6 Å². The summed E-state index contributed by atoms with van der Waals surface area (Å²) in [4.78, 5) is 13.7. The number of rotatable bonds is 7. The molecule has 0 aliphatic heterocycles. The van der Waals surface area contributed by atoms with Gasteiger partial charge in [0.2, 0.25) is 0 Å². The van der Waals surface area contributed by atoms with E-state index >= 15 is 0 Å². The van der Waals surface area contributed by atoms with Crippen LogP contribution in [0.5, 0.6) is 0 Å². The van der Waals surface area contributed by atoms with Gasteiger partial charge >= 0.3 is 0 Å². The minimum Gasteiger partial charge on any atom is -0.362 e. The summed E-state index contributed by atoms with van der Waals surface area (Å²) in [6, 6.07) is 0.478.